The molecule has 0 fully saturated rings. The molecule has 0 saturated heterocycles. The maximum Gasteiger partial charge on any atom is 0.414 e. The fourth-order valence-corrected chi connectivity index (χ4v) is 4.83. The first-order valence-corrected chi connectivity index (χ1v) is 11.8. The van der Waals surface area contributed by atoms with Crippen LogP contribution in [0.5, 0.6) is 0 Å². The lowest BCUT2D eigenvalue weighted by atomic mass is 10.0. The minimum atomic E-state index is -3.78. The molecule has 2 aromatic rings. The lowest BCUT2D eigenvalue weighted by Crippen LogP contribution is -2.51. The van der Waals surface area contributed by atoms with Crippen LogP contribution >= 0.6 is 0 Å². The van der Waals surface area contributed by atoms with Gasteiger partial charge >= 0.3 is 6.09 Å². The van der Waals surface area contributed by atoms with Crippen LogP contribution in [0, 0.1) is 0 Å². The van der Waals surface area contributed by atoms with Crippen molar-refractivity contribution in [2.45, 2.75) is 31.7 Å². The average Bonchev–Trinajstić information content (AvgIpc) is 2.76. The van der Waals surface area contributed by atoms with E-state index in [9.17, 15) is 18.0 Å². The van der Waals surface area contributed by atoms with Crippen molar-refractivity contribution in [1.29, 1.82) is 0 Å². The van der Waals surface area contributed by atoms with Crippen molar-refractivity contribution in [3.8, 4) is 11.1 Å². The van der Waals surface area contributed by atoms with Gasteiger partial charge in [-0.05, 0) is 49.2 Å². The second kappa shape index (κ2) is 9.68. The summed E-state index contributed by atoms with van der Waals surface area (Å²) in [6, 6.07) is 11.4. The van der Waals surface area contributed by atoms with Gasteiger partial charge in [-0.25, -0.2) is 17.9 Å². The number of rotatable bonds is 6. The van der Waals surface area contributed by atoms with E-state index in [1.54, 1.807) is 42.2 Å². The van der Waals surface area contributed by atoms with Gasteiger partial charge in [-0.2, -0.15) is 0 Å². The Hall–Kier alpha value is -2.95. The molecular weight excluding hydrogens is 434 g/mol. The minimum Gasteiger partial charge on any atom is -0.449 e. The molecule has 1 aliphatic rings. The van der Waals surface area contributed by atoms with Crippen molar-refractivity contribution in [3.63, 3.8) is 0 Å². The monoisotopic (exact) mass is 461 g/mol. The molecule has 0 saturated carbocycles. The van der Waals surface area contributed by atoms with Crippen LogP contribution in [-0.2, 0) is 19.6 Å². The molecule has 9 nitrogen and oxygen atoms in total. The fraction of sp³-hybridized carbons (Fsp3) is 0.364. The van der Waals surface area contributed by atoms with Crippen LogP contribution in [-0.4, -0.2) is 57.9 Å². The number of sulfonamides is 1. The molecule has 1 heterocycles. The van der Waals surface area contributed by atoms with Crippen molar-refractivity contribution < 1.29 is 27.9 Å². The van der Waals surface area contributed by atoms with Gasteiger partial charge in [0.25, 0.3) is 0 Å². The number of nitrogens with zero attached hydrogens (tertiary/aromatic N) is 2. The highest BCUT2D eigenvalue weighted by Gasteiger charge is 2.34. The molecule has 10 heteroatoms. The van der Waals surface area contributed by atoms with E-state index in [1.807, 2.05) is 6.92 Å². The number of benzene rings is 2. The molecule has 0 bridgehead atoms. The molecule has 0 aromatic heterocycles. The molecule has 2 N–H and O–H groups in total. The van der Waals surface area contributed by atoms with Gasteiger partial charge in [-0.15, -0.1) is 0 Å². The number of aliphatic hydroxyl groups is 1. The quantitative estimate of drug-likeness (QED) is 0.682. The van der Waals surface area contributed by atoms with E-state index < -0.39 is 16.1 Å². The Labute approximate surface area is 187 Å². The Morgan fingerprint density at radius 2 is 1.88 bits per heavy atom. The smallest absolute Gasteiger partial charge is 0.414 e. The zero-order chi connectivity index (χ0) is 23.5. The maximum atomic E-state index is 12.6. The Morgan fingerprint density at radius 3 is 2.53 bits per heavy atom. The number of hydrogen-bond donors (Lipinski definition) is 2. The highest BCUT2D eigenvalue weighted by molar-refractivity contribution is 7.89. The van der Waals surface area contributed by atoms with E-state index in [1.165, 1.54) is 24.0 Å². The van der Waals surface area contributed by atoms with Crippen LogP contribution in [0.25, 0.3) is 11.1 Å². The number of carbonyl (C=O) groups is 2. The number of carbonyl (C=O) groups excluding carboxylic acids is 2. The van der Waals surface area contributed by atoms with E-state index in [4.69, 9.17) is 9.84 Å². The molecule has 2 amide bonds. The van der Waals surface area contributed by atoms with E-state index >= 15 is 0 Å². The van der Waals surface area contributed by atoms with Gasteiger partial charge in [0, 0.05) is 20.0 Å². The molecule has 1 aliphatic heterocycles. The number of nitrogens with one attached hydrogen (secondary N) is 1. The van der Waals surface area contributed by atoms with Gasteiger partial charge < -0.3 is 14.7 Å². The first kappa shape index (κ1) is 23.7. The summed E-state index contributed by atoms with van der Waals surface area (Å²) in [6.45, 7) is 5.16. The number of amides is 2. The predicted octanol–water partition coefficient (Wildman–Crippen LogP) is 2.34. The number of fused-ring (bicyclic) bond motifs is 1. The van der Waals surface area contributed by atoms with Gasteiger partial charge in [-0.1, -0.05) is 18.2 Å². The summed E-state index contributed by atoms with van der Waals surface area (Å²) >= 11 is 0. The van der Waals surface area contributed by atoms with Crippen molar-refractivity contribution in [3.05, 3.63) is 42.5 Å². The summed E-state index contributed by atoms with van der Waals surface area (Å²) in [7, 11) is -3.78. The molecule has 0 spiro atoms. The van der Waals surface area contributed by atoms with E-state index in [0.717, 1.165) is 0 Å². The van der Waals surface area contributed by atoms with Crippen LogP contribution in [0.3, 0.4) is 0 Å². The Kier molecular flexibility index (Phi) is 7.17. The number of anilines is 2. The lowest BCUT2D eigenvalue weighted by Gasteiger charge is -2.40. The van der Waals surface area contributed by atoms with Gasteiger partial charge in [0.1, 0.15) is 0 Å². The number of hydrogen-bond acceptors (Lipinski definition) is 6. The van der Waals surface area contributed by atoms with Gasteiger partial charge in [0.2, 0.25) is 15.9 Å². The molecule has 0 aliphatic carbocycles. The fourth-order valence-electron chi connectivity index (χ4n) is 3.76. The van der Waals surface area contributed by atoms with E-state index in [0.29, 0.717) is 22.5 Å². The molecule has 3 rings (SSSR count). The van der Waals surface area contributed by atoms with Crippen molar-refractivity contribution in [2.24, 2.45) is 0 Å². The van der Waals surface area contributed by atoms with E-state index in [-0.39, 0.29) is 43.1 Å². The molecule has 2 aromatic carbocycles. The molecule has 172 valence electrons. The molecular formula is C22H27N3O6S. The summed E-state index contributed by atoms with van der Waals surface area (Å²) in [5.74, 6) is -0.141. The first-order chi connectivity index (χ1) is 15.2. The third kappa shape index (κ3) is 4.77. The van der Waals surface area contributed by atoms with Crippen LogP contribution in [0.2, 0.25) is 0 Å². The Balaban J connectivity index is 2.08. The summed E-state index contributed by atoms with van der Waals surface area (Å²) in [5, 5.41) is 8.91. The maximum absolute atomic E-state index is 12.6. The largest absolute Gasteiger partial charge is 0.449 e. The van der Waals surface area contributed by atoms with Crippen molar-refractivity contribution in [2.75, 3.05) is 36.1 Å². The number of ether oxygens (including phenoxy) is 1. The Morgan fingerprint density at radius 1 is 1.16 bits per heavy atom. The predicted molar refractivity (Wildman–Crippen MR) is 121 cm³/mol. The zero-order valence-corrected chi connectivity index (χ0v) is 19.1. The number of aliphatic hydroxyl groups excluding tert-OH is 1. The normalized spacial score (nSPS) is 15.9. The zero-order valence-electron chi connectivity index (χ0n) is 18.2. The highest BCUT2D eigenvalue weighted by atomic mass is 32.2. The molecule has 0 radical (unpaired) electrons. The first-order valence-electron chi connectivity index (χ1n) is 10.3. The standard InChI is InChI=1S/C22H27N3O6S/c1-4-31-22(28)24-14-15(2)25(16(3)27)20-9-8-18(13-21(20)24)17-6-5-7-19(12-17)32(29,30)23-10-11-26/h5-9,12-13,15,23,26H,4,10-11,14H2,1-3H3/t15-/m0/s1. The Bertz CT molecular complexity index is 1120. The second-order valence-electron chi connectivity index (χ2n) is 7.40. The summed E-state index contributed by atoms with van der Waals surface area (Å²) in [4.78, 5) is 28.1. The molecule has 0 unspecified atom stereocenters. The van der Waals surface area contributed by atoms with Crippen LogP contribution < -0.4 is 14.5 Å². The SMILES string of the molecule is CCOC(=O)N1C[C@H](C)N(C(C)=O)c2ccc(-c3cccc(S(=O)(=O)NCCO)c3)cc21. The lowest BCUT2D eigenvalue weighted by molar-refractivity contribution is -0.117. The minimum absolute atomic E-state index is 0.0578. The summed E-state index contributed by atoms with van der Waals surface area (Å²) < 4.78 is 32.4. The van der Waals surface area contributed by atoms with Gasteiger partial charge in [0.05, 0.1) is 35.5 Å². The summed E-state index contributed by atoms with van der Waals surface area (Å²) in [5.41, 5.74) is 2.40. The highest BCUT2D eigenvalue weighted by Crippen LogP contribution is 2.39. The van der Waals surface area contributed by atoms with Crippen LogP contribution in [0.1, 0.15) is 20.8 Å². The summed E-state index contributed by atoms with van der Waals surface area (Å²) in [6.07, 6.45) is -0.509. The van der Waals surface area contributed by atoms with Crippen molar-refractivity contribution >= 4 is 33.4 Å². The van der Waals surface area contributed by atoms with E-state index in [2.05, 4.69) is 4.72 Å². The third-order valence-corrected chi connectivity index (χ3v) is 6.58. The van der Waals surface area contributed by atoms with Gasteiger partial charge in [0.15, 0.2) is 0 Å². The third-order valence-electron chi connectivity index (χ3n) is 5.12. The topological polar surface area (TPSA) is 116 Å². The molecule has 32 heavy (non-hydrogen) atoms. The molecule has 1 atom stereocenters. The van der Waals surface area contributed by atoms with Gasteiger partial charge in [-0.3, -0.25) is 9.69 Å². The van der Waals surface area contributed by atoms with Crippen LogP contribution in [0.15, 0.2) is 47.4 Å². The van der Waals surface area contributed by atoms with Crippen molar-refractivity contribution in [1.82, 2.24) is 4.72 Å². The second-order valence-corrected chi connectivity index (χ2v) is 9.17. The van der Waals surface area contributed by atoms with Crippen LogP contribution in [0.4, 0.5) is 16.2 Å². The average molecular weight is 462 g/mol.